The highest BCUT2D eigenvalue weighted by Crippen LogP contribution is 1.99. The van der Waals surface area contributed by atoms with Gasteiger partial charge in [0.1, 0.15) is 0 Å². The van der Waals surface area contributed by atoms with Gasteiger partial charge in [-0.3, -0.25) is 14.4 Å². The summed E-state index contributed by atoms with van der Waals surface area (Å²) in [4.78, 5) is 34.1. The van der Waals surface area contributed by atoms with E-state index >= 15 is 0 Å². The molecule has 16 heavy (non-hydrogen) atoms. The van der Waals surface area contributed by atoms with Crippen molar-refractivity contribution >= 4 is 17.7 Å². The molecule has 0 aromatic carbocycles. The van der Waals surface area contributed by atoms with Gasteiger partial charge in [-0.05, 0) is 6.42 Å². The summed E-state index contributed by atoms with van der Waals surface area (Å²) in [5.41, 5.74) is 15.5. The van der Waals surface area contributed by atoms with Crippen molar-refractivity contribution in [2.45, 2.75) is 25.8 Å². The Labute approximate surface area is 93.9 Å². The number of rotatable bonds is 7. The first-order chi connectivity index (χ1) is 7.38. The summed E-state index contributed by atoms with van der Waals surface area (Å²) < 4.78 is 0. The average molecular weight is 230 g/mol. The molecular formula is C9H18N4O3. The molecule has 0 bridgehead atoms. The lowest BCUT2D eigenvalue weighted by Gasteiger charge is -2.22. The van der Waals surface area contributed by atoms with Gasteiger partial charge in [-0.2, -0.15) is 0 Å². The monoisotopic (exact) mass is 230 g/mol. The van der Waals surface area contributed by atoms with E-state index in [0.29, 0.717) is 6.42 Å². The Morgan fingerprint density at radius 1 is 1.12 bits per heavy atom. The summed E-state index contributed by atoms with van der Waals surface area (Å²) in [6.45, 7) is 1.18. The minimum atomic E-state index is -0.733. The van der Waals surface area contributed by atoms with Crippen LogP contribution in [-0.2, 0) is 14.4 Å². The third kappa shape index (κ3) is 5.30. The Balaban J connectivity index is 4.54. The zero-order valence-corrected chi connectivity index (χ0v) is 9.31. The van der Waals surface area contributed by atoms with Gasteiger partial charge in [0.25, 0.3) is 0 Å². The van der Waals surface area contributed by atoms with Crippen molar-refractivity contribution in [2.24, 2.45) is 17.2 Å². The van der Waals surface area contributed by atoms with Gasteiger partial charge in [-0.15, -0.1) is 0 Å². The molecule has 0 radical (unpaired) electrons. The molecule has 0 aromatic rings. The number of carbonyl (C=O) groups is 3. The molecule has 0 rings (SSSR count). The molecule has 0 aromatic heterocycles. The molecule has 0 heterocycles. The number of nitrogens with two attached hydrogens (primary N) is 3. The van der Waals surface area contributed by atoms with E-state index in [1.165, 1.54) is 0 Å². The van der Waals surface area contributed by atoms with Crippen LogP contribution in [-0.4, -0.2) is 41.8 Å². The molecule has 6 N–H and O–H groups in total. The number of carbonyl (C=O) groups excluding carboxylic acids is 3. The minimum absolute atomic E-state index is 0.348. The second kappa shape index (κ2) is 6.78. The van der Waals surface area contributed by atoms with Gasteiger partial charge in [-0.25, -0.2) is 0 Å². The number of hydrogen-bond donors (Lipinski definition) is 3. The molecule has 0 aliphatic heterocycles. The molecule has 0 saturated heterocycles. The molecular weight excluding hydrogens is 212 g/mol. The molecule has 7 nitrogen and oxygen atoms in total. The normalized spacial score (nSPS) is 11.9. The molecule has 7 heteroatoms. The predicted molar refractivity (Wildman–Crippen MR) is 57.9 cm³/mol. The van der Waals surface area contributed by atoms with Crippen LogP contribution in [0.5, 0.6) is 0 Å². The lowest BCUT2D eigenvalue weighted by Crippen LogP contribution is -2.49. The third-order valence-corrected chi connectivity index (χ3v) is 1.92. The van der Waals surface area contributed by atoms with Crippen molar-refractivity contribution in [2.75, 3.05) is 13.1 Å². The largest absolute Gasteiger partial charge is 0.368 e. The van der Waals surface area contributed by atoms with Crippen molar-refractivity contribution in [3.8, 4) is 0 Å². The van der Waals surface area contributed by atoms with Crippen LogP contribution >= 0.6 is 0 Å². The van der Waals surface area contributed by atoms with Gasteiger partial charge in [-0.1, -0.05) is 13.3 Å². The van der Waals surface area contributed by atoms with Gasteiger partial charge in [0.15, 0.2) is 0 Å². The van der Waals surface area contributed by atoms with E-state index in [4.69, 9.17) is 17.2 Å². The number of amides is 3. The number of hydrogen-bond acceptors (Lipinski definition) is 4. The molecule has 0 aliphatic carbocycles. The summed E-state index contributed by atoms with van der Waals surface area (Å²) in [7, 11) is 0. The van der Waals surface area contributed by atoms with E-state index in [2.05, 4.69) is 0 Å². The SMILES string of the molecule is CCC[C@@H](N)C(=O)N(CC(N)=O)CC(N)=O. The second-order valence-corrected chi connectivity index (χ2v) is 3.52. The van der Waals surface area contributed by atoms with Crippen molar-refractivity contribution < 1.29 is 14.4 Å². The van der Waals surface area contributed by atoms with Crippen LogP contribution in [0.15, 0.2) is 0 Å². The van der Waals surface area contributed by atoms with E-state index in [-0.39, 0.29) is 13.1 Å². The summed E-state index contributed by atoms with van der Waals surface area (Å²) in [6, 6.07) is -0.733. The fourth-order valence-corrected chi connectivity index (χ4v) is 1.26. The maximum absolute atomic E-state index is 11.7. The summed E-state index contributed by atoms with van der Waals surface area (Å²) in [5, 5.41) is 0. The molecule has 1 atom stereocenters. The number of primary amides is 2. The highest BCUT2D eigenvalue weighted by atomic mass is 16.2. The number of nitrogens with zero attached hydrogens (tertiary/aromatic N) is 1. The maximum atomic E-state index is 11.7. The Morgan fingerprint density at radius 3 is 1.88 bits per heavy atom. The van der Waals surface area contributed by atoms with Crippen LogP contribution in [0.2, 0.25) is 0 Å². The Hall–Kier alpha value is -1.63. The van der Waals surface area contributed by atoms with Crippen molar-refractivity contribution in [1.29, 1.82) is 0 Å². The zero-order valence-electron chi connectivity index (χ0n) is 9.31. The lowest BCUT2D eigenvalue weighted by atomic mass is 10.1. The predicted octanol–water partition coefficient (Wildman–Crippen LogP) is -2.09. The average Bonchev–Trinajstić information content (AvgIpc) is 2.14. The van der Waals surface area contributed by atoms with Crippen molar-refractivity contribution in [3.63, 3.8) is 0 Å². The quantitative estimate of drug-likeness (QED) is 0.462. The highest BCUT2D eigenvalue weighted by molar-refractivity contribution is 5.90. The van der Waals surface area contributed by atoms with Gasteiger partial charge < -0.3 is 22.1 Å². The fourth-order valence-electron chi connectivity index (χ4n) is 1.26. The summed E-state index contributed by atoms with van der Waals surface area (Å²) in [5.74, 6) is -1.91. The first-order valence-corrected chi connectivity index (χ1v) is 4.99. The highest BCUT2D eigenvalue weighted by Gasteiger charge is 2.22. The summed E-state index contributed by atoms with van der Waals surface area (Å²) >= 11 is 0. The molecule has 0 unspecified atom stereocenters. The van der Waals surface area contributed by atoms with Crippen LogP contribution in [0, 0.1) is 0 Å². The molecule has 92 valence electrons. The van der Waals surface area contributed by atoms with E-state index in [1.54, 1.807) is 0 Å². The van der Waals surface area contributed by atoms with E-state index in [0.717, 1.165) is 11.3 Å². The molecule has 3 amide bonds. The van der Waals surface area contributed by atoms with E-state index in [1.807, 2.05) is 6.92 Å². The van der Waals surface area contributed by atoms with Gasteiger partial charge in [0.2, 0.25) is 17.7 Å². The van der Waals surface area contributed by atoms with Crippen LogP contribution in [0.4, 0.5) is 0 Å². The minimum Gasteiger partial charge on any atom is -0.368 e. The first-order valence-electron chi connectivity index (χ1n) is 4.99. The lowest BCUT2D eigenvalue weighted by molar-refractivity contribution is -0.139. The molecule has 0 fully saturated rings. The maximum Gasteiger partial charge on any atom is 0.240 e. The van der Waals surface area contributed by atoms with Crippen LogP contribution < -0.4 is 17.2 Å². The Bertz CT molecular complexity index is 264. The van der Waals surface area contributed by atoms with Crippen LogP contribution in [0.3, 0.4) is 0 Å². The first kappa shape index (κ1) is 14.4. The van der Waals surface area contributed by atoms with Crippen LogP contribution in [0.25, 0.3) is 0 Å². The second-order valence-electron chi connectivity index (χ2n) is 3.52. The van der Waals surface area contributed by atoms with Gasteiger partial charge in [0.05, 0.1) is 19.1 Å². The molecule has 0 saturated carbocycles. The van der Waals surface area contributed by atoms with Crippen LogP contribution in [0.1, 0.15) is 19.8 Å². The van der Waals surface area contributed by atoms with E-state index < -0.39 is 23.8 Å². The topological polar surface area (TPSA) is 133 Å². The zero-order chi connectivity index (χ0) is 12.7. The molecule has 0 spiro atoms. The summed E-state index contributed by atoms with van der Waals surface area (Å²) in [6.07, 6.45) is 1.21. The van der Waals surface area contributed by atoms with Crippen molar-refractivity contribution in [1.82, 2.24) is 4.90 Å². The standard InChI is InChI=1S/C9H18N4O3/c1-2-3-6(10)9(16)13(4-7(11)14)5-8(12)15/h6H,2-5,10H2,1H3,(H2,11,14)(H2,12,15)/t6-/m1/s1. The van der Waals surface area contributed by atoms with Gasteiger partial charge in [0, 0.05) is 0 Å². The molecule has 0 aliphatic rings. The van der Waals surface area contributed by atoms with Crippen molar-refractivity contribution in [3.05, 3.63) is 0 Å². The van der Waals surface area contributed by atoms with Gasteiger partial charge >= 0.3 is 0 Å². The smallest absolute Gasteiger partial charge is 0.240 e. The fraction of sp³-hybridized carbons (Fsp3) is 0.667. The Morgan fingerprint density at radius 2 is 1.56 bits per heavy atom. The van der Waals surface area contributed by atoms with E-state index in [9.17, 15) is 14.4 Å². The third-order valence-electron chi connectivity index (χ3n) is 1.92. The Kier molecular flexibility index (Phi) is 6.09.